The van der Waals surface area contributed by atoms with Gasteiger partial charge >= 0.3 is 0 Å². The largest absolute Gasteiger partial charge is 0.373 e. The molecule has 1 N–H and O–H groups in total. The second-order valence-corrected chi connectivity index (χ2v) is 6.46. The maximum Gasteiger partial charge on any atom is 0.226 e. The maximum atomic E-state index is 13.6. The molecule has 0 unspecified atom stereocenters. The quantitative estimate of drug-likeness (QED) is 0.899. The van der Waals surface area contributed by atoms with Crippen LogP contribution in [0.5, 0.6) is 0 Å². The lowest BCUT2D eigenvalue weighted by molar-refractivity contribution is -0.120. The second-order valence-electron chi connectivity index (χ2n) is 6.46. The molecular weight excluding hydrogens is 323 g/mol. The highest BCUT2D eigenvalue weighted by Gasteiger charge is 2.33. The van der Waals surface area contributed by atoms with Gasteiger partial charge in [0, 0.05) is 43.6 Å². The topological polar surface area (TPSA) is 69.0 Å². The molecule has 0 saturated carbocycles. The van der Waals surface area contributed by atoms with Crippen molar-refractivity contribution in [2.24, 2.45) is 13.0 Å². The zero-order chi connectivity index (χ0) is 18.0. The Bertz CT molecular complexity index is 774. The lowest BCUT2D eigenvalue weighted by Crippen LogP contribution is -2.32. The summed E-state index contributed by atoms with van der Waals surface area (Å²) in [4.78, 5) is 16.0. The van der Waals surface area contributed by atoms with Crippen LogP contribution in [0.4, 0.5) is 4.39 Å². The van der Waals surface area contributed by atoms with Gasteiger partial charge in [-0.15, -0.1) is 0 Å². The van der Waals surface area contributed by atoms with E-state index in [0.29, 0.717) is 13.2 Å². The van der Waals surface area contributed by atoms with Crippen LogP contribution in [0.15, 0.2) is 18.3 Å². The number of pyridine rings is 1. The van der Waals surface area contributed by atoms with E-state index >= 15 is 0 Å². The summed E-state index contributed by atoms with van der Waals surface area (Å²) in [5, 5.41) is 7.34. The minimum atomic E-state index is -0.457. The molecular formula is C18H23FN4O2. The molecule has 1 fully saturated rings. The van der Waals surface area contributed by atoms with Gasteiger partial charge in [0.25, 0.3) is 0 Å². The Morgan fingerprint density at radius 1 is 1.48 bits per heavy atom. The molecule has 25 heavy (non-hydrogen) atoms. The highest BCUT2D eigenvalue weighted by atomic mass is 19.1. The molecule has 6 nitrogen and oxygen atoms in total. The third-order valence-electron chi connectivity index (χ3n) is 4.79. The number of carbonyl (C=O) groups is 1. The number of rotatable bonds is 5. The first-order valence-electron chi connectivity index (χ1n) is 8.45. The van der Waals surface area contributed by atoms with E-state index in [-0.39, 0.29) is 30.0 Å². The molecule has 0 aliphatic carbocycles. The monoisotopic (exact) mass is 346 g/mol. The van der Waals surface area contributed by atoms with Crippen LogP contribution in [-0.4, -0.2) is 33.8 Å². The molecule has 2 aromatic heterocycles. The molecule has 0 radical (unpaired) electrons. The van der Waals surface area contributed by atoms with Crippen molar-refractivity contribution in [1.82, 2.24) is 20.1 Å². The minimum absolute atomic E-state index is 0.0597. The van der Waals surface area contributed by atoms with Gasteiger partial charge in [-0.1, -0.05) is 0 Å². The van der Waals surface area contributed by atoms with Crippen LogP contribution >= 0.6 is 0 Å². The molecule has 2 aromatic rings. The van der Waals surface area contributed by atoms with Crippen molar-refractivity contribution in [2.75, 3.05) is 13.2 Å². The first kappa shape index (κ1) is 17.5. The Hall–Kier alpha value is -2.28. The number of nitrogens with one attached hydrogen (secondary N) is 1. The van der Waals surface area contributed by atoms with E-state index in [1.54, 1.807) is 0 Å². The molecule has 1 saturated heterocycles. The van der Waals surface area contributed by atoms with Crippen LogP contribution in [0.1, 0.15) is 35.2 Å². The summed E-state index contributed by atoms with van der Waals surface area (Å²) < 4.78 is 21.4. The smallest absolute Gasteiger partial charge is 0.226 e. The molecule has 0 aromatic carbocycles. The number of aryl methyl sites for hydroxylation is 2. The van der Waals surface area contributed by atoms with E-state index in [2.05, 4.69) is 15.4 Å². The van der Waals surface area contributed by atoms with Crippen LogP contribution < -0.4 is 5.32 Å². The van der Waals surface area contributed by atoms with Gasteiger partial charge in [0.15, 0.2) is 0 Å². The Balaban J connectivity index is 1.62. The standard InChI is InChI=1S/C18H23FN4O2/c1-11-17(12(2)23(3)22-11)18-13(6-8-25-18)10-21-16(24)9-15-14(19)5-4-7-20-15/h4-5,7,13,18H,6,8-10H2,1-3H3,(H,21,24)/t13-,18+/m1/s1. The van der Waals surface area contributed by atoms with Crippen molar-refractivity contribution in [2.45, 2.75) is 32.8 Å². The summed E-state index contributed by atoms with van der Waals surface area (Å²) >= 11 is 0. The summed E-state index contributed by atoms with van der Waals surface area (Å²) in [7, 11) is 1.92. The van der Waals surface area contributed by atoms with Crippen LogP contribution in [0.2, 0.25) is 0 Å². The van der Waals surface area contributed by atoms with Gasteiger partial charge in [0.05, 0.1) is 23.9 Å². The van der Waals surface area contributed by atoms with Crippen molar-refractivity contribution >= 4 is 5.91 Å². The van der Waals surface area contributed by atoms with Gasteiger partial charge in [-0.05, 0) is 32.4 Å². The summed E-state index contributed by atoms with van der Waals surface area (Å²) in [6.45, 7) is 5.15. The molecule has 1 amide bonds. The van der Waals surface area contributed by atoms with Crippen LogP contribution in [0.25, 0.3) is 0 Å². The van der Waals surface area contributed by atoms with Gasteiger partial charge in [-0.25, -0.2) is 4.39 Å². The predicted octanol–water partition coefficient (Wildman–Crippen LogP) is 2.01. The number of ether oxygens (including phenoxy) is 1. The number of hydrogen-bond donors (Lipinski definition) is 1. The number of aromatic nitrogens is 3. The van der Waals surface area contributed by atoms with Crippen molar-refractivity contribution in [3.8, 4) is 0 Å². The molecule has 1 aliphatic rings. The van der Waals surface area contributed by atoms with E-state index < -0.39 is 5.82 Å². The average Bonchev–Trinajstić information content (AvgIpc) is 3.12. The summed E-state index contributed by atoms with van der Waals surface area (Å²) in [6, 6.07) is 2.82. The number of carbonyl (C=O) groups excluding carboxylic acids is 1. The van der Waals surface area contributed by atoms with E-state index in [0.717, 1.165) is 23.4 Å². The summed E-state index contributed by atoms with van der Waals surface area (Å²) in [5.41, 5.74) is 3.31. The van der Waals surface area contributed by atoms with Crippen LogP contribution in [-0.2, 0) is 23.0 Å². The second kappa shape index (κ2) is 7.31. The zero-order valence-electron chi connectivity index (χ0n) is 14.8. The highest BCUT2D eigenvalue weighted by Crippen LogP contribution is 2.37. The van der Waals surface area contributed by atoms with E-state index in [9.17, 15) is 9.18 Å². The Morgan fingerprint density at radius 3 is 2.96 bits per heavy atom. The van der Waals surface area contributed by atoms with E-state index in [1.807, 2.05) is 25.6 Å². The Kier molecular flexibility index (Phi) is 5.13. The fraction of sp³-hybridized carbons (Fsp3) is 0.500. The van der Waals surface area contributed by atoms with Gasteiger partial charge in [-0.3, -0.25) is 14.5 Å². The maximum absolute atomic E-state index is 13.6. The number of hydrogen-bond acceptors (Lipinski definition) is 4. The molecule has 3 heterocycles. The fourth-order valence-corrected chi connectivity index (χ4v) is 3.37. The number of halogens is 1. The highest BCUT2D eigenvalue weighted by molar-refractivity contribution is 5.78. The van der Waals surface area contributed by atoms with Crippen molar-refractivity contribution in [1.29, 1.82) is 0 Å². The van der Waals surface area contributed by atoms with Crippen LogP contribution in [0, 0.1) is 25.6 Å². The molecule has 0 bridgehead atoms. The number of nitrogens with zero attached hydrogens (tertiary/aromatic N) is 3. The average molecular weight is 346 g/mol. The van der Waals surface area contributed by atoms with E-state index in [4.69, 9.17) is 4.74 Å². The van der Waals surface area contributed by atoms with Gasteiger partial charge in [0.2, 0.25) is 5.91 Å². The first-order valence-corrected chi connectivity index (χ1v) is 8.45. The lowest BCUT2D eigenvalue weighted by Gasteiger charge is -2.20. The Labute approximate surface area is 146 Å². The molecule has 1 aliphatic heterocycles. The minimum Gasteiger partial charge on any atom is -0.373 e. The van der Waals surface area contributed by atoms with Crippen molar-refractivity contribution in [3.05, 3.63) is 46.8 Å². The lowest BCUT2D eigenvalue weighted by atomic mass is 9.94. The molecule has 134 valence electrons. The zero-order valence-corrected chi connectivity index (χ0v) is 14.8. The molecule has 7 heteroatoms. The SMILES string of the molecule is Cc1nn(C)c(C)c1[C@H]1OCC[C@@H]1CNC(=O)Cc1ncccc1F. The molecule has 2 atom stereocenters. The van der Waals surface area contributed by atoms with Gasteiger partial charge in [0.1, 0.15) is 5.82 Å². The van der Waals surface area contributed by atoms with Crippen LogP contribution in [0.3, 0.4) is 0 Å². The third kappa shape index (κ3) is 3.71. The molecule has 3 rings (SSSR count). The van der Waals surface area contributed by atoms with Gasteiger partial charge in [-0.2, -0.15) is 5.10 Å². The third-order valence-corrected chi connectivity index (χ3v) is 4.79. The summed E-state index contributed by atoms with van der Waals surface area (Å²) in [5.74, 6) is -0.511. The fourth-order valence-electron chi connectivity index (χ4n) is 3.37. The molecule has 0 spiro atoms. The Morgan fingerprint density at radius 2 is 2.28 bits per heavy atom. The van der Waals surface area contributed by atoms with Gasteiger partial charge < -0.3 is 10.1 Å². The summed E-state index contributed by atoms with van der Waals surface area (Å²) in [6.07, 6.45) is 2.23. The normalized spacial score (nSPS) is 20.0. The van der Waals surface area contributed by atoms with Crippen molar-refractivity contribution in [3.63, 3.8) is 0 Å². The van der Waals surface area contributed by atoms with Crippen molar-refractivity contribution < 1.29 is 13.9 Å². The number of amides is 1. The predicted molar refractivity (Wildman–Crippen MR) is 90.4 cm³/mol. The van der Waals surface area contributed by atoms with E-state index in [1.165, 1.54) is 18.3 Å². The first-order chi connectivity index (χ1) is 12.0.